The SMILES string of the molecule is I.NC(=NCC1CC=CCC1)NC1CCCC1. The van der Waals surface area contributed by atoms with Crippen LogP contribution in [0.3, 0.4) is 0 Å². The van der Waals surface area contributed by atoms with Gasteiger partial charge in [0.2, 0.25) is 0 Å². The summed E-state index contributed by atoms with van der Waals surface area (Å²) in [6.45, 7) is 0.885. The maximum atomic E-state index is 5.89. The minimum absolute atomic E-state index is 0. The van der Waals surface area contributed by atoms with E-state index < -0.39 is 0 Å². The highest BCUT2D eigenvalue weighted by atomic mass is 127. The highest BCUT2D eigenvalue weighted by Crippen LogP contribution is 2.19. The predicted octanol–water partition coefficient (Wildman–Crippen LogP) is 2.81. The second-order valence-electron chi connectivity index (χ2n) is 5.00. The highest BCUT2D eigenvalue weighted by molar-refractivity contribution is 14.0. The lowest BCUT2D eigenvalue weighted by molar-refractivity contribution is 0.490. The number of aliphatic imine (C=N–C) groups is 1. The zero-order chi connectivity index (χ0) is 11.2. The first-order valence-electron chi connectivity index (χ1n) is 6.56. The van der Waals surface area contributed by atoms with Crippen molar-refractivity contribution in [1.29, 1.82) is 0 Å². The molecule has 0 saturated heterocycles. The van der Waals surface area contributed by atoms with Crippen molar-refractivity contribution < 1.29 is 0 Å². The number of allylic oxidation sites excluding steroid dienone is 2. The molecule has 0 radical (unpaired) electrons. The van der Waals surface area contributed by atoms with Crippen molar-refractivity contribution >= 4 is 29.9 Å². The van der Waals surface area contributed by atoms with Gasteiger partial charge in [0.15, 0.2) is 5.96 Å². The van der Waals surface area contributed by atoms with E-state index in [1.54, 1.807) is 0 Å². The van der Waals surface area contributed by atoms with Gasteiger partial charge in [-0.3, -0.25) is 4.99 Å². The summed E-state index contributed by atoms with van der Waals surface area (Å²) in [4.78, 5) is 4.46. The van der Waals surface area contributed by atoms with Crippen molar-refractivity contribution in [1.82, 2.24) is 5.32 Å². The molecule has 98 valence electrons. The van der Waals surface area contributed by atoms with Gasteiger partial charge in [0, 0.05) is 12.6 Å². The number of nitrogens with zero attached hydrogens (tertiary/aromatic N) is 1. The third kappa shape index (κ3) is 5.27. The summed E-state index contributed by atoms with van der Waals surface area (Å²) in [6.07, 6.45) is 13.3. The highest BCUT2D eigenvalue weighted by Gasteiger charge is 2.15. The lowest BCUT2D eigenvalue weighted by atomic mass is 9.95. The van der Waals surface area contributed by atoms with Crippen molar-refractivity contribution in [2.75, 3.05) is 6.54 Å². The molecule has 0 amide bonds. The van der Waals surface area contributed by atoms with Gasteiger partial charge >= 0.3 is 0 Å². The van der Waals surface area contributed by atoms with Crippen molar-refractivity contribution in [2.24, 2.45) is 16.6 Å². The zero-order valence-electron chi connectivity index (χ0n) is 10.4. The van der Waals surface area contributed by atoms with E-state index in [0.29, 0.717) is 17.9 Å². The van der Waals surface area contributed by atoms with Crippen LogP contribution in [0, 0.1) is 5.92 Å². The Hall–Kier alpha value is -0.260. The van der Waals surface area contributed by atoms with Gasteiger partial charge in [-0.2, -0.15) is 0 Å². The van der Waals surface area contributed by atoms with Crippen LogP contribution < -0.4 is 11.1 Å². The van der Waals surface area contributed by atoms with E-state index in [0.717, 1.165) is 6.54 Å². The van der Waals surface area contributed by atoms with Crippen molar-refractivity contribution in [3.63, 3.8) is 0 Å². The number of hydrogen-bond acceptors (Lipinski definition) is 1. The molecule has 1 atom stereocenters. The molecular weight excluding hydrogens is 325 g/mol. The zero-order valence-corrected chi connectivity index (χ0v) is 12.7. The van der Waals surface area contributed by atoms with Crippen LogP contribution in [-0.4, -0.2) is 18.5 Å². The van der Waals surface area contributed by atoms with E-state index in [-0.39, 0.29) is 24.0 Å². The molecule has 0 aromatic rings. The molecule has 0 heterocycles. The number of hydrogen-bond donors (Lipinski definition) is 2. The standard InChI is InChI=1S/C13H23N3.HI/c14-13(16-12-8-4-5-9-12)15-10-11-6-2-1-3-7-11;/h1-2,11-12H,3-10H2,(H3,14,15,16);1H. The number of halogens is 1. The van der Waals surface area contributed by atoms with Crippen LogP contribution in [-0.2, 0) is 0 Å². The average molecular weight is 349 g/mol. The molecule has 1 saturated carbocycles. The molecule has 3 nitrogen and oxygen atoms in total. The summed E-state index contributed by atoms with van der Waals surface area (Å²) in [5, 5.41) is 3.33. The monoisotopic (exact) mass is 349 g/mol. The van der Waals surface area contributed by atoms with E-state index in [1.165, 1.54) is 44.9 Å². The van der Waals surface area contributed by atoms with E-state index >= 15 is 0 Å². The molecule has 17 heavy (non-hydrogen) atoms. The predicted molar refractivity (Wildman–Crippen MR) is 83.8 cm³/mol. The first kappa shape index (κ1) is 14.8. The fourth-order valence-corrected chi connectivity index (χ4v) is 2.57. The van der Waals surface area contributed by atoms with Gasteiger partial charge in [-0.15, -0.1) is 24.0 Å². The summed E-state index contributed by atoms with van der Waals surface area (Å²) < 4.78 is 0. The maximum absolute atomic E-state index is 5.89. The van der Waals surface area contributed by atoms with Gasteiger partial charge in [0.25, 0.3) is 0 Å². The van der Waals surface area contributed by atoms with E-state index in [4.69, 9.17) is 5.73 Å². The fraction of sp³-hybridized carbons (Fsp3) is 0.769. The molecule has 2 aliphatic carbocycles. The molecule has 0 spiro atoms. The van der Waals surface area contributed by atoms with Crippen LogP contribution in [0.15, 0.2) is 17.1 Å². The Morgan fingerprint density at radius 3 is 2.65 bits per heavy atom. The largest absolute Gasteiger partial charge is 0.370 e. The lowest BCUT2D eigenvalue weighted by Crippen LogP contribution is -2.38. The second kappa shape index (κ2) is 7.95. The van der Waals surface area contributed by atoms with Crippen LogP contribution in [0.2, 0.25) is 0 Å². The van der Waals surface area contributed by atoms with Crippen LogP contribution in [0.4, 0.5) is 0 Å². The molecule has 0 aromatic carbocycles. The lowest BCUT2D eigenvalue weighted by Gasteiger charge is -2.17. The minimum atomic E-state index is 0. The van der Waals surface area contributed by atoms with Crippen molar-refractivity contribution in [3.05, 3.63) is 12.2 Å². The third-order valence-electron chi connectivity index (χ3n) is 3.60. The van der Waals surface area contributed by atoms with Crippen molar-refractivity contribution in [2.45, 2.75) is 51.0 Å². The molecule has 2 rings (SSSR count). The van der Waals surface area contributed by atoms with Crippen LogP contribution in [0.25, 0.3) is 0 Å². The Kier molecular flexibility index (Phi) is 6.92. The Bertz CT molecular complexity index is 270. The summed E-state index contributed by atoms with van der Waals surface area (Å²) in [6, 6.07) is 0.579. The summed E-state index contributed by atoms with van der Waals surface area (Å²) in [5.74, 6) is 1.36. The third-order valence-corrected chi connectivity index (χ3v) is 3.60. The Morgan fingerprint density at radius 2 is 2.00 bits per heavy atom. The van der Waals surface area contributed by atoms with E-state index in [2.05, 4.69) is 22.5 Å². The Morgan fingerprint density at radius 1 is 1.24 bits per heavy atom. The fourth-order valence-electron chi connectivity index (χ4n) is 2.57. The first-order chi connectivity index (χ1) is 7.84. The van der Waals surface area contributed by atoms with E-state index in [9.17, 15) is 0 Å². The number of nitrogens with one attached hydrogen (secondary N) is 1. The van der Waals surface area contributed by atoms with Gasteiger partial charge < -0.3 is 11.1 Å². The molecular formula is C13H24IN3. The quantitative estimate of drug-likeness (QED) is 0.356. The molecule has 0 aromatic heterocycles. The normalized spacial score (nSPS) is 25.6. The van der Waals surface area contributed by atoms with Gasteiger partial charge in [-0.05, 0) is 38.0 Å². The number of nitrogens with two attached hydrogens (primary N) is 1. The summed E-state index contributed by atoms with van der Waals surface area (Å²) in [5.41, 5.74) is 5.89. The van der Waals surface area contributed by atoms with Crippen LogP contribution >= 0.6 is 24.0 Å². The smallest absolute Gasteiger partial charge is 0.188 e. The molecule has 0 aliphatic heterocycles. The first-order valence-corrected chi connectivity index (χ1v) is 6.56. The molecule has 4 heteroatoms. The molecule has 0 bridgehead atoms. The van der Waals surface area contributed by atoms with E-state index in [1.807, 2.05) is 0 Å². The molecule has 2 aliphatic rings. The number of rotatable bonds is 3. The Labute approximate surface area is 121 Å². The maximum Gasteiger partial charge on any atom is 0.188 e. The van der Waals surface area contributed by atoms with Gasteiger partial charge in [0.1, 0.15) is 0 Å². The average Bonchev–Trinajstić information content (AvgIpc) is 2.81. The van der Waals surface area contributed by atoms with Gasteiger partial charge in [0.05, 0.1) is 0 Å². The minimum Gasteiger partial charge on any atom is -0.370 e. The van der Waals surface area contributed by atoms with Crippen molar-refractivity contribution in [3.8, 4) is 0 Å². The van der Waals surface area contributed by atoms with Crippen LogP contribution in [0.5, 0.6) is 0 Å². The van der Waals surface area contributed by atoms with Gasteiger partial charge in [-0.1, -0.05) is 25.0 Å². The second-order valence-corrected chi connectivity index (χ2v) is 5.00. The molecule has 1 unspecified atom stereocenters. The summed E-state index contributed by atoms with van der Waals surface area (Å²) in [7, 11) is 0. The Balaban J connectivity index is 0.00000144. The number of guanidine groups is 1. The van der Waals surface area contributed by atoms with Gasteiger partial charge in [-0.25, -0.2) is 0 Å². The molecule has 3 N–H and O–H groups in total. The van der Waals surface area contributed by atoms with Crippen LogP contribution in [0.1, 0.15) is 44.9 Å². The summed E-state index contributed by atoms with van der Waals surface area (Å²) >= 11 is 0. The topological polar surface area (TPSA) is 50.4 Å². The molecule has 1 fully saturated rings.